The lowest BCUT2D eigenvalue weighted by molar-refractivity contribution is -0.123. The van der Waals surface area contributed by atoms with Gasteiger partial charge in [0, 0.05) is 11.4 Å². The molecule has 0 bridgehead atoms. The van der Waals surface area contributed by atoms with E-state index in [1.54, 1.807) is 36.4 Å². The molecule has 3 rings (SSSR count). The van der Waals surface area contributed by atoms with Gasteiger partial charge < -0.3 is 10.6 Å². The lowest BCUT2D eigenvalue weighted by Crippen LogP contribution is -2.44. The van der Waals surface area contributed by atoms with E-state index in [9.17, 15) is 13.2 Å². The molecule has 2 N–H and O–H groups in total. The normalized spacial score (nSPS) is 18.2. The van der Waals surface area contributed by atoms with Crippen LogP contribution in [-0.4, -0.2) is 33.0 Å². The Morgan fingerprint density at radius 3 is 2.43 bits per heavy atom. The highest BCUT2D eigenvalue weighted by atomic mass is 32.2. The number of carbonyl (C=O) groups is 1. The van der Waals surface area contributed by atoms with Gasteiger partial charge >= 0.3 is 0 Å². The van der Waals surface area contributed by atoms with Crippen molar-refractivity contribution in [1.82, 2.24) is 10.6 Å². The third-order valence-electron chi connectivity index (χ3n) is 4.85. The maximum atomic E-state index is 12.5. The first kappa shape index (κ1) is 20.3. The van der Waals surface area contributed by atoms with Crippen LogP contribution in [0.15, 0.2) is 77.0 Å². The molecule has 0 spiro atoms. The van der Waals surface area contributed by atoms with Crippen LogP contribution in [0.5, 0.6) is 0 Å². The van der Waals surface area contributed by atoms with Crippen molar-refractivity contribution in [3.63, 3.8) is 0 Å². The second-order valence-electron chi connectivity index (χ2n) is 6.97. The molecule has 6 heteroatoms. The van der Waals surface area contributed by atoms with Crippen molar-refractivity contribution in [2.24, 2.45) is 0 Å². The smallest absolute Gasteiger partial charge is 0.237 e. The van der Waals surface area contributed by atoms with Crippen LogP contribution in [0.3, 0.4) is 0 Å². The van der Waals surface area contributed by atoms with E-state index in [-0.39, 0.29) is 22.9 Å². The molecule has 2 atom stereocenters. The number of hydrogen-bond acceptors (Lipinski definition) is 4. The monoisotopic (exact) mass is 398 g/mol. The molecule has 1 heterocycles. The standard InChI is InChI=1S/C22H26N2O3S/c25-22(21-12-7-16-23-21)24-19(14-13-18-8-3-1-4-9-18)15-17-28(26,27)20-10-5-2-6-11-20/h1-6,8-11,15,17,19,21,23H,7,12-14,16H2,(H,24,25)/b17-15+/t19-,21?/m0/s1. The van der Waals surface area contributed by atoms with Gasteiger partial charge in [-0.2, -0.15) is 0 Å². The molecule has 1 fully saturated rings. The van der Waals surface area contributed by atoms with Gasteiger partial charge in [-0.3, -0.25) is 4.79 Å². The van der Waals surface area contributed by atoms with Crippen molar-refractivity contribution in [2.75, 3.05) is 6.54 Å². The minimum atomic E-state index is -3.54. The summed E-state index contributed by atoms with van der Waals surface area (Å²) in [6.07, 6.45) is 4.76. The van der Waals surface area contributed by atoms with Crippen molar-refractivity contribution < 1.29 is 13.2 Å². The number of rotatable bonds is 8. The van der Waals surface area contributed by atoms with Gasteiger partial charge in [-0.05, 0) is 49.9 Å². The fourth-order valence-electron chi connectivity index (χ4n) is 3.26. The number of aryl methyl sites for hydroxylation is 1. The number of sulfone groups is 1. The Morgan fingerprint density at radius 1 is 1.11 bits per heavy atom. The minimum absolute atomic E-state index is 0.0719. The van der Waals surface area contributed by atoms with Crippen LogP contribution in [0, 0.1) is 0 Å². The Balaban J connectivity index is 1.71. The summed E-state index contributed by atoms with van der Waals surface area (Å²) >= 11 is 0. The Bertz CT molecular complexity index is 890. The Hall–Kier alpha value is -2.44. The van der Waals surface area contributed by atoms with Crippen molar-refractivity contribution in [2.45, 2.75) is 42.7 Å². The number of carbonyl (C=O) groups excluding carboxylic acids is 1. The number of nitrogens with one attached hydrogen (secondary N) is 2. The molecular formula is C22H26N2O3S. The van der Waals surface area contributed by atoms with E-state index in [0.29, 0.717) is 6.42 Å². The maximum absolute atomic E-state index is 12.5. The molecule has 1 unspecified atom stereocenters. The molecule has 0 radical (unpaired) electrons. The van der Waals surface area contributed by atoms with Crippen LogP contribution in [0.25, 0.3) is 0 Å². The van der Waals surface area contributed by atoms with Crippen molar-refractivity contribution >= 4 is 15.7 Å². The van der Waals surface area contributed by atoms with Crippen LogP contribution < -0.4 is 10.6 Å². The van der Waals surface area contributed by atoms with Gasteiger partial charge in [0.1, 0.15) is 0 Å². The average molecular weight is 399 g/mol. The Morgan fingerprint density at radius 2 is 1.79 bits per heavy atom. The highest BCUT2D eigenvalue weighted by molar-refractivity contribution is 7.94. The second-order valence-corrected chi connectivity index (χ2v) is 8.81. The van der Waals surface area contributed by atoms with E-state index >= 15 is 0 Å². The highest BCUT2D eigenvalue weighted by Crippen LogP contribution is 2.14. The van der Waals surface area contributed by atoms with Gasteiger partial charge in [-0.15, -0.1) is 0 Å². The van der Waals surface area contributed by atoms with Gasteiger partial charge in [0.15, 0.2) is 9.84 Å². The summed E-state index contributed by atoms with van der Waals surface area (Å²) in [6.45, 7) is 0.838. The molecule has 0 saturated carbocycles. The van der Waals surface area contributed by atoms with Gasteiger partial charge in [-0.1, -0.05) is 54.6 Å². The van der Waals surface area contributed by atoms with Crippen molar-refractivity contribution in [1.29, 1.82) is 0 Å². The molecule has 0 aliphatic carbocycles. The van der Waals surface area contributed by atoms with Crippen LogP contribution in [0.2, 0.25) is 0 Å². The van der Waals surface area contributed by atoms with Gasteiger partial charge in [0.05, 0.1) is 10.9 Å². The lowest BCUT2D eigenvalue weighted by atomic mass is 10.0. The number of benzene rings is 2. The lowest BCUT2D eigenvalue weighted by Gasteiger charge is -2.18. The molecule has 1 saturated heterocycles. The third-order valence-corrected chi connectivity index (χ3v) is 6.30. The zero-order valence-corrected chi connectivity index (χ0v) is 16.6. The largest absolute Gasteiger partial charge is 0.349 e. The summed E-state index contributed by atoms with van der Waals surface area (Å²) in [5.74, 6) is -0.0719. The number of amides is 1. The average Bonchev–Trinajstić information content (AvgIpc) is 3.26. The van der Waals surface area contributed by atoms with E-state index < -0.39 is 9.84 Å². The fraction of sp³-hybridized carbons (Fsp3) is 0.318. The van der Waals surface area contributed by atoms with E-state index in [4.69, 9.17) is 0 Å². The summed E-state index contributed by atoms with van der Waals surface area (Å²) in [5, 5.41) is 7.39. The molecule has 1 amide bonds. The highest BCUT2D eigenvalue weighted by Gasteiger charge is 2.23. The summed E-state index contributed by atoms with van der Waals surface area (Å²) in [5.41, 5.74) is 1.15. The third kappa shape index (κ3) is 5.78. The van der Waals surface area contributed by atoms with Crippen LogP contribution >= 0.6 is 0 Å². The van der Waals surface area contributed by atoms with Gasteiger partial charge in [0.25, 0.3) is 0 Å². The summed E-state index contributed by atoms with van der Waals surface area (Å²) in [4.78, 5) is 12.8. The first-order chi connectivity index (χ1) is 13.5. The van der Waals surface area contributed by atoms with E-state index in [0.717, 1.165) is 31.4 Å². The fourth-order valence-corrected chi connectivity index (χ4v) is 4.35. The molecule has 2 aromatic carbocycles. The minimum Gasteiger partial charge on any atom is -0.349 e. The molecule has 0 aromatic heterocycles. The molecular weight excluding hydrogens is 372 g/mol. The van der Waals surface area contributed by atoms with Crippen LogP contribution in [0.4, 0.5) is 0 Å². The van der Waals surface area contributed by atoms with Crippen LogP contribution in [0.1, 0.15) is 24.8 Å². The Labute approximate surface area is 166 Å². The van der Waals surface area contributed by atoms with Gasteiger partial charge in [-0.25, -0.2) is 8.42 Å². The van der Waals surface area contributed by atoms with Crippen molar-refractivity contribution in [3.8, 4) is 0 Å². The first-order valence-corrected chi connectivity index (χ1v) is 11.2. The summed E-state index contributed by atoms with van der Waals surface area (Å²) < 4.78 is 25.1. The predicted molar refractivity (Wildman–Crippen MR) is 110 cm³/mol. The topological polar surface area (TPSA) is 75.3 Å². The number of hydrogen-bond donors (Lipinski definition) is 2. The molecule has 28 heavy (non-hydrogen) atoms. The SMILES string of the molecule is O=C(N[C@H](/C=C/S(=O)(=O)c1ccccc1)CCc1ccccc1)C1CCCN1. The first-order valence-electron chi connectivity index (χ1n) is 9.60. The zero-order chi connectivity index (χ0) is 19.8. The van der Waals surface area contributed by atoms with E-state index in [1.165, 1.54) is 5.41 Å². The Kier molecular flexibility index (Phi) is 7.01. The second kappa shape index (κ2) is 9.66. The molecule has 5 nitrogen and oxygen atoms in total. The summed E-state index contributed by atoms with van der Waals surface area (Å²) in [7, 11) is -3.54. The molecule has 1 aliphatic rings. The molecule has 1 aliphatic heterocycles. The van der Waals surface area contributed by atoms with E-state index in [2.05, 4.69) is 10.6 Å². The quantitative estimate of drug-likeness (QED) is 0.717. The van der Waals surface area contributed by atoms with Crippen molar-refractivity contribution in [3.05, 3.63) is 77.7 Å². The van der Waals surface area contributed by atoms with E-state index in [1.807, 2.05) is 30.3 Å². The molecule has 148 valence electrons. The predicted octanol–water partition coefficient (Wildman–Crippen LogP) is 2.84. The zero-order valence-electron chi connectivity index (χ0n) is 15.8. The maximum Gasteiger partial charge on any atom is 0.237 e. The summed E-state index contributed by atoms with van der Waals surface area (Å²) in [6, 6.07) is 17.7. The molecule has 2 aromatic rings. The van der Waals surface area contributed by atoms with Gasteiger partial charge in [0.2, 0.25) is 5.91 Å². The van der Waals surface area contributed by atoms with Crippen LogP contribution in [-0.2, 0) is 21.1 Å².